The monoisotopic (exact) mass is 291 g/mol. The van der Waals surface area contributed by atoms with Gasteiger partial charge in [-0.3, -0.25) is 10.4 Å². The number of hydrazone groups is 1. The molecule has 0 fully saturated rings. The Labute approximate surface area is 125 Å². The van der Waals surface area contributed by atoms with E-state index in [-0.39, 0.29) is 12.4 Å². The fourth-order valence-corrected chi connectivity index (χ4v) is 1.67. The summed E-state index contributed by atoms with van der Waals surface area (Å²) < 4.78 is 5.19. The molecule has 4 nitrogen and oxygen atoms in total. The second kappa shape index (κ2) is 8.93. The van der Waals surface area contributed by atoms with Gasteiger partial charge in [-0.15, -0.1) is 12.4 Å². The average Bonchev–Trinajstić information content (AvgIpc) is 2.48. The van der Waals surface area contributed by atoms with Gasteiger partial charge in [-0.1, -0.05) is 12.1 Å². The molecule has 0 atom stereocenters. The van der Waals surface area contributed by atoms with Crippen LogP contribution in [-0.2, 0) is 6.42 Å². The third kappa shape index (κ3) is 5.28. The molecular weight excluding hydrogens is 274 g/mol. The van der Waals surface area contributed by atoms with Crippen molar-refractivity contribution in [2.24, 2.45) is 5.10 Å². The van der Waals surface area contributed by atoms with Gasteiger partial charge >= 0.3 is 0 Å². The zero-order valence-electron chi connectivity index (χ0n) is 11.3. The van der Waals surface area contributed by atoms with Crippen LogP contribution < -0.4 is 10.2 Å². The minimum atomic E-state index is 0. The van der Waals surface area contributed by atoms with Crippen molar-refractivity contribution >= 4 is 24.3 Å². The van der Waals surface area contributed by atoms with Gasteiger partial charge in [0.2, 0.25) is 0 Å². The van der Waals surface area contributed by atoms with Crippen molar-refractivity contribution in [1.82, 2.24) is 4.98 Å². The normalized spacial score (nSPS) is 10.1. The van der Waals surface area contributed by atoms with Crippen LogP contribution in [0.4, 0.5) is 5.69 Å². The summed E-state index contributed by atoms with van der Waals surface area (Å²) in [5.41, 5.74) is 5.14. The first kappa shape index (κ1) is 16.0. The number of hydrogen-bond donors (Lipinski definition) is 1. The summed E-state index contributed by atoms with van der Waals surface area (Å²) in [6.07, 6.45) is 7.16. The quantitative estimate of drug-likeness (QED) is 0.654. The molecule has 0 aliphatic rings. The third-order valence-corrected chi connectivity index (χ3v) is 2.66. The van der Waals surface area contributed by atoms with Crippen molar-refractivity contribution in [3.05, 3.63) is 54.4 Å². The first-order chi connectivity index (χ1) is 9.38. The molecule has 1 aromatic heterocycles. The summed E-state index contributed by atoms with van der Waals surface area (Å²) in [4.78, 5) is 3.94. The predicted octanol–water partition coefficient (Wildman–Crippen LogP) is 3.54. The molecule has 0 aliphatic heterocycles. The Hall–Kier alpha value is -2.07. The molecule has 0 unspecified atom stereocenters. The Kier molecular flexibility index (Phi) is 7.14. The maximum absolute atomic E-state index is 5.19. The molecule has 0 spiro atoms. The van der Waals surface area contributed by atoms with Crippen LogP contribution in [0.3, 0.4) is 0 Å². The van der Waals surface area contributed by atoms with E-state index in [0.717, 1.165) is 24.3 Å². The van der Waals surface area contributed by atoms with E-state index in [1.54, 1.807) is 19.5 Å². The second-order valence-electron chi connectivity index (χ2n) is 4.05. The van der Waals surface area contributed by atoms with Gasteiger partial charge in [-0.2, -0.15) is 5.10 Å². The highest BCUT2D eigenvalue weighted by molar-refractivity contribution is 5.85. The number of pyridine rings is 1. The maximum atomic E-state index is 5.19. The van der Waals surface area contributed by atoms with Crippen molar-refractivity contribution in [3.8, 4) is 5.75 Å². The largest absolute Gasteiger partial charge is 0.497 e. The zero-order valence-corrected chi connectivity index (χ0v) is 12.1. The zero-order chi connectivity index (χ0) is 13.3. The van der Waals surface area contributed by atoms with E-state index in [1.807, 2.05) is 36.5 Å². The number of aryl methyl sites for hydroxylation is 1. The lowest BCUT2D eigenvalue weighted by Gasteiger charge is -2.02. The molecule has 20 heavy (non-hydrogen) atoms. The van der Waals surface area contributed by atoms with Crippen molar-refractivity contribution in [2.45, 2.75) is 12.8 Å². The summed E-state index contributed by atoms with van der Waals surface area (Å²) in [5, 5.41) is 4.17. The lowest BCUT2D eigenvalue weighted by atomic mass is 10.1. The number of methoxy groups -OCH3 is 1. The van der Waals surface area contributed by atoms with Gasteiger partial charge in [-0.25, -0.2) is 0 Å². The SMILES string of the molecule is COc1cccc(CCC=NNc2ccncc2)c1.Cl. The molecule has 0 bridgehead atoms. The van der Waals surface area contributed by atoms with E-state index in [1.165, 1.54) is 5.56 Å². The standard InChI is InChI=1S/C15H17N3O.ClH/c1-19-15-6-2-4-13(12-15)5-3-9-17-18-14-7-10-16-11-8-14;/h2,4,6-12H,3,5H2,1H3,(H,16,18);1H. The van der Waals surface area contributed by atoms with Crippen LogP contribution in [0.5, 0.6) is 5.75 Å². The lowest BCUT2D eigenvalue weighted by molar-refractivity contribution is 0.414. The maximum Gasteiger partial charge on any atom is 0.119 e. The molecule has 0 radical (unpaired) electrons. The van der Waals surface area contributed by atoms with Crippen molar-refractivity contribution in [3.63, 3.8) is 0 Å². The fourth-order valence-electron chi connectivity index (χ4n) is 1.67. The Morgan fingerprint density at radius 3 is 2.80 bits per heavy atom. The number of ether oxygens (including phenoxy) is 1. The molecule has 0 saturated heterocycles. The van der Waals surface area contributed by atoms with E-state index in [4.69, 9.17) is 4.74 Å². The van der Waals surface area contributed by atoms with E-state index < -0.39 is 0 Å². The second-order valence-corrected chi connectivity index (χ2v) is 4.05. The number of nitrogens with one attached hydrogen (secondary N) is 1. The van der Waals surface area contributed by atoms with Gasteiger partial charge < -0.3 is 4.74 Å². The minimum Gasteiger partial charge on any atom is -0.497 e. The number of anilines is 1. The van der Waals surface area contributed by atoms with Crippen molar-refractivity contribution in [1.29, 1.82) is 0 Å². The molecule has 1 aromatic carbocycles. The van der Waals surface area contributed by atoms with Crippen LogP contribution in [0.1, 0.15) is 12.0 Å². The molecule has 0 amide bonds. The van der Waals surface area contributed by atoms with Crippen LogP contribution in [0.25, 0.3) is 0 Å². The minimum absolute atomic E-state index is 0. The number of aromatic nitrogens is 1. The Morgan fingerprint density at radius 2 is 2.05 bits per heavy atom. The van der Waals surface area contributed by atoms with Gasteiger partial charge in [0.05, 0.1) is 12.8 Å². The number of halogens is 1. The summed E-state index contributed by atoms with van der Waals surface area (Å²) in [5.74, 6) is 0.893. The molecule has 1 heterocycles. The van der Waals surface area contributed by atoms with Gasteiger partial charge in [0, 0.05) is 18.6 Å². The van der Waals surface area contributed by atoms with Crippen LogP contribution in [0, 0.1) is 0 Å². The first-order valence-corrected chi connectivity index (χ1v) is 6.19. The smallest absolute Gasteiger partial charge is 0.119 e. The summed E-state index contributed by atoms with van der Waals surface area (Å²) in [6.45, 7) is 0. The molecule has 106 valence electrons. The van der Waals surface area contributed by atoms with Crippen LogP contribution in [0.15, 0.2) is 53.9 Å². The van der Waals surface area contributed by atoms with Crippen LogP contribution in [-0.4, -0.2) is 18.3 Å². The van der Waals surface area contributed by atoms with Crippen LogP contribution in [0.2, 0.25) is 0 Å². The Morgan fingerprint density at radius 1 is 1.25 bits per heavy atom. The molecule has 0 saturated carbocycles. The first-order valence-electron chi connectivity index (χ1n) is 6.19. The molecule has 1 N–H and O–H groups in total. The van der Waals surface area contributed by atoms with E-state index in [9.17, 15) is 0 Å². The molecular formula is C15H18ClN3O. The van der Waals surface area contributed by atoms with Crippen molar-refractivity contribution < 1.29 is 4.74 Å². The fraction of sp³-hybridized carbons (Fsp3) is 0.200. The van der Waals surface area contributed by atoms with Gasteiger partial charge in [-0.05, 0) is 42.7 Å². The van der Waals surface area contributed by atoms with Gasteiger partial charge in [0.1, 0.15) is 5.75 Å². The van der Waals surface area contributed by atoms with E-state index in [0.29, 0.717) is 0 Å². The Bertz CT molecular complexity index is 532. The number of hydrogen-bond acceptors (Lipinski definition) is 4. The van der Waals surface area contributed by atoms with E-state index in [2.05, 4.69) is 21.6 Å². The van der Waals surface area contributed by atoms with Gasteiger partial charge in [0.15, 0.2) is 0 Å². The molecule has 2 rings (SSSR count). The summed E-state index contributed by atoms with van der Waals surface area (Å²) in [6, 6.07) is 11.8. The highest BCUT2D eigenvalue weighted by Gasteiger charge is 1.94. The molecule has 5 heteroatoms. The number of nitrogens with zero attached hydrogens (tertiary/aromatic N) is 2. The predicted molar refractivity (Wildman–Crippen MR) is 84.9 cm³/mol. The van der Waals surface area contributed by atoms with Gasteiger partial charge in [0.25, 0.3) is 0 Å². The highest BCUT2D eigenvalue weighted by Crippen LogP contribution is 2.13. The summed E-state index contributed by atoms with van der Waals surface area (Å²) in [7, 11) is 1.68. The summed E-state index contributed by atoms with van der Waals surface area (Å²) >= 11 is 0. The number of benzene rings is 1. The number of rotatable bonds is 6. The molecule has 2 aromatic rings. The highest BCUT2D eigenvalue weighted by atomic mass is 35.5. The van der Waals surface area contributed by atoms with E-state index >= 15 is 0 Å². The van der Waals surface area contributed by atoms with Crippen molar-refractivity contribution in [2.75, 3.05) is 12.5 Å². The third-order valence-electron chi connectivity index (χ3n) is 2.66. The topological polar surface area (TPSA) is 46.5 Å². The Balaban J connectivity index is 0.00000200. The lowest BCUT2D eigenvalue weighted by Crippen LogP contribution is -1.92. The molecule has 0 aliphatic carbocycles. The van der Waals surface area contributed by atoms with Crippen LogP contribution >= 0.6 is 12.4 Å². The average molecular weight is 292 g/mol.